The first-order valence-corrected chi connectivity index (χ1v) is 10.9. The van der Waals surface area contributed by atoms with Gasteiger partial charge in [-0.05, 0) is 16.7 Å². The fourth-order valence-electron chi connectivity index (χ4n) is 4.30. The van der Waals surface area contributed by atoms with Crippen LogP contribution in [0.2, 0.25) is 0 Å². The van der Waals surface area contributed by atoms with Gasteiger partial charge in [0.05, 0.1) is 5.54 Å². The molecule has 1 aromatic heterocycles. The molecule has 0 radical (unpaired) electrons. The highest BCUT2D eigenvalue weighted by atomic mass is 16.9. The third kappa shape index (κ3) is 6.07. The van der Waals surface area contributed by atoms with E-state index in [4.69, 9.17) is 20.3 Å². The number of nitrogens with zero attached hydrogens (tertiary/aromatic N) is 3. The Bertz CT molecular complexity index is 1080. The van der Waals surface area contributed by atoms with Crippen molar-refractivity contribution in [3.05, 3.63) is 131 Å². The molecule has 0 spiro atoms. The molecule has 0 aliphatic rings. The van der Waals surface area contributed by atoms with Crippen molar-refractivity contribution in [3.63, 3.8) is 0 Å². The minimum absolute atomic E-state index is 0.250. The van der Waals surface area contributed by atoms with Gasteiger partial charge in [-0.25, -0.2) is 15.4 Å². The second-order valence-electron chi connectivity index (χ2n) is 8.29. The van der Waals surface area contributed by atoms with Crippen molar-refractivity contribution < 1.29 is 15.5 Å². The first-order chi connectivity index (χ1) is 15.9. The monoisotopic (exact) mass is 444 g/mol. The van der Waals surface area contributed by atoms with Crippen LogP contribution in [0.25, 0.3) is 0 Å². The lowest BCUT2D eigenvalue weighted by molar-refractivity contribution is -0.969. The predicted molar refractivity (Wildman–Crippen MR) is 127 cm³/mol. The van der Waals surface area contributed by atoms with Gasteiger partial charge in [0.2, 0.25) is 0 Å². The van der Waals surface area contributed by atoms with Crippen molar-refractivity contribution in [1.29, 1.82) is 0 Å². The van der Waals surface area contributed by atoms with Gasteiger partial charge in [0.1, 0.15) is 10.7 Å². The molecule has 6 heteroatoms. The van der Waals surface area contributed by atoms with Gasteiger partial charge in [-0.1, -0.05) is 105 Å². The molecule has 4 rings (SSSR count). The van der Waals surface area contributed by atoms with Crippen LogP contribution in [-0.4, -0.2) is 25.1 Å². The molecule has 0 atom stereocenters. The van der Waals surface area contributed by atoms with E-state index in [0.717, 1.165) is 18.7 Å². The van der Waals surface area contributed by atoms with E-state index in [0.29, 0.717) is 5.92 Å². The number of rotatable bonds is 7. The van der Waals surface area contributed by atoms with Gasteiger partial charge in [0.15, 0.2) is 0 Å². The lowest BCUT2D eigenvalue weighted by Gasteiger charge is -2.38. The molecular weight excluding hydrogens is 414 g/mol. The highest BCUT2D eigenvalue weighted by Gasteiger charge is 2.36. The fraction of sp³-hybridized carbons (Fsp3) is 0.222. The van der Waals surface area contributed by atoms with Crippen molar-refractivity contribution >= 4 is 0 Å². The molecule has 2 N–H and O–H groups in total. The predicted octanol–water partition coefficient (Wildman–Crippen LogP) is 5.78. The third-order valence-corrected chi connectivity index (χ3v) is 5.64. The van der Waals surface area contributed by atoms with E-state index in [9.17, 15) is 0 Å². The Hall–Kier alpha value is -3.93. The van der Waals surface area contributed by atoms with Gasteiger partial charge in [0.25, 0.3) is 0 Å². The zero-order valence-corrected chi connectivity index (χ0v) is 19.0. The van der Waals surface area contributed by atoms with E-state index in [1.54, 1.807) is 0 Å². The number of hydrogen-bond acceptors (Lipinski definition) is 2. The molecule has 33 heavy (non-hydrogen) atoms. The molecule has 0 bridgehead atoms. The van der Waals surface area contributed by atoms with Crippen LogP contribution in [0.3, 0.4) is 0 Å². The molecule has 0 saturated heterocycles. The Kier molecular flexibility index (Phi) is 7.97. The standard InChI is InChI=1S/C27H28N2.H2NO3/c1-22(2)26-28-18-19-29(26)27(25-16-10-5-11-17-25,20-23-12-6-3-7-13-23)21-24-14-8-4-9-15-24;2-1(3)4/h3-19,22H,20-21H2,1-2H3;(H2,2,3,4)/q;+1. The van der Waals surface area contributed by atoms with E-state index in [2.05, 4.69) is 116 Å². The molecule has 3 aromatic carbocycles. The van der Waals surface area contributed by atoms with E-state index in [-0.39, 0.29) is 5.54 Å². The van der Waals surface area contributed by atoms with Crippen molar-refractivity contribution in [3.8, 4) is 0 Å². The quantitative estimate of drug-likeness (QED) is 0.354. The molecule has 6 nitrogen and oxygen atoms in total. The van der Waals surface area contributed by atoms with Crippen LogP contribution in [-0.2, 0) is 18.4 Å². The minimum atomic E-state index is -1.25. The Morgan fingerprint density at radius 3 is 1.67 bits per heavy atom. The maximum atomic E-state index is 8.47. The zero-order valence-electron chi connectivity index (χ0n) is 19.0. The van der Waals surface area contributed by atoms with Gasteiger partial charge in [-0.2, -0.15) is 0 Å². The number of hydrogen-bond donors (Lipinski definition) is 2. The number of imidazole rings is 1. The SMILES string of the molecule is CC(C)c1nccn1C(Cc1ccccc1)(Cc1ccccc1)c1ccccc1.O=[N+](O)O. The molecule has 4 aromatic rings. The summed E-state index contributed by atoms with van der Waals surface area (Å²) in [7, 11) is 0. The fourth-order valence-corrected chi connectivity index (χ4v) is 4.30. The van der Waals surface area contributed by atoms with Crippen LogP contribution in [0.4, 0.5) is 0 Å². The van der Waals surface area contributed by atoms with Crippen LogP contribution in [0, 0.1) is 4.91 Å². The van der Waals surface area contributed by atoms with Gasteiger partial charge in [-0.3, -0.25) is 0 Å². The highest BCUT2D eigenvalue weighted by Crippen LogP contribution is 2.36. The van der Waals surface area contributed by atoms with Gasteiger partial charge < -0.3 is 4.57 Å². The first kappa shape index (κ1) is 23.7. The summed E-state index contributed by atoms with van der Waals surface area (Å²) in [6.07, 6.45) is 5.92. The summed E-state index contributed by atoms with van der Waals surface area (Å²) in [6, 6.07) is 32.5. The Balaban J connectivity index is 0.000000709. The molecule has 170 valence electrons. The summed E-state index contributed by atoms with van der Waals surface area (Å²) >= 11 is 0. The lowest BCUT2D eigenvalue weighted by atomic mass is 9.78. The summed E-state index contributed by atoms with van der Waals surface area (Å²) in [4.78, 5) is 13.2. The van der Waals surface area contributed by atoms with Gasteiger partial charge >= 0.3 is 5.09 Å². The van der Waals surface area contributed by atoms with E-state index in [1.807, 2.05) is 6.20 Å². The largest absolute Gasteiger partial charge is 0.472 e. The summed E-state index contributed by atoms with van der Waals surface area (Å²) in [5.74, 6) is 1.47. The molecule has 0 aliphatic carbocycles. The summed E-state index contributed by atoms with van der Waals surface area (Å²) < 4.78 is 2.42. The van der Waals surface area contributed by atoms with E-state index < -0.39 is 5.09 Å². The Morgan fingerprint density at radius 1 is 0.818 bits per heavy atom. The zero-order chi connectivity index (χ0) is 23.7. The van der Waals surface area contributed by atoms with Crippen molar-refractivity contribution in [2.75, 3.05) is 0 Å². The van der Waals surface area contributed by atoms with E-state index >= 15 is 0 Å². The Labute approximate surface area is 194 Å². The molecule has 0 saturated carbocycles. The lowest BCUT2D eigenvalue weighted by Crippen LogP contribution is -2.40. The van der Waals surface area contributed by atoms with Gasteiger partial charge in [-0.15, -0.1) is 0 Å². The van der Waals surface area contributed by atoms with Crippen LogP contribution < -0.4 is 0 Å². The Morgan fingerprint density at radius 2 is 1.24 bits per heavy atom. The molecule has 1 heterocycles. The minimum Gasteiger partial charge on any atom is -0.324 e. The van der Waals surface area contributed by atoms with Crippen molar-refractivity contribution in [1.82, 2.24) is 9.55 Å². The van der Waals surface area contributed by atoms with Crippen molar-refractivity contribution in [2.24, 2.45) is 0 Å². The second kappa shape index (κ2) is 11.1. The average molecular weight is 445 g/mol. The molecule has 0 unspecified atom stereocenters. The summed E-state index contributed by atoms with van der Waals surface area (Å²) in [5.41, 5.74) is 3.72. The topological polar surface area (TPSA) is 78.4 Å². The average Bonchev–Trinajstić information content (AvgIpc) is 3.31. The van der Waals surface area contributed by atoms with E-state index in [1.165, 1.54) is 16.7 Å². The molecule has 0 fully saturated rings. The van der Waals surface area contributed by atoms with Crippen LogP contribution in [0.1, 0.15) is 42.3 Å². The summed E-state index contributed by atoms with van der Waals surface area (Å²) in [6.45, 7) is 4.44. The molecular formula is C27H30N3O3+. The smallest absolute Gasteiger partial charge is 0.324 e. The molecule has 0 aliphatic heterocycles. The number of aromatic nitrogens is 2. The maximum absolute atomic E-state index is 8.47. The maximum Gasteiger partial charge on any atom is 0.472 e. The normalized spacial score (nSPS) is 11.0. The van der Waals surface area contributed by atoms with Crippen molar-refractivity contribution in [2.45, 2.75) is 38.1 Å². The molecule has 0 amide bonds. The first-order valence-electron chi connectivity index (χ1n) is 10.9. The van der Waals surface area contributed by atoms with Crippen LogP contribution in [0.15, 0.2) is 103 Å². The van der Waals surface area contributed by atoms with Crippen LogP contribution in [0.5, 0.6) is 0 Å². The van der Waals surface area contributed by atoms with Crippen LogP contribution >= 0.6 is 0 Å². The van der Waals surface area contributed by atoms with Gasteiger partial charge in [0, 0.05) is 31.2 Å². The number of benzene rings is 3. The highest BCUT2D eigenvalue weighted by molar-refractivity contribution is 5.34. The second-order valence-corrected chi connectivity index (χ2v) is 8.29. The summed E-state index contributed by atoms with van der Waals surface area (Å²) in [5, 5.41) is 12.5. The third-order valence-electron chi connectivity index (χ3n) is 5.64.